The molecule has 1 aromatic carbocycles. The third-order valence-corrected chi connectivity index (χ3v) is 5.09. The number of methoxy groups -OCH3 is 3. The first kappa shape index (κ1) is 23.4. The molecule has 0 aromatic heterocycles. The number of esters is 1. The molecule has 0 saturated carbocycles. The molecule has 2 rings (SSSR count). The van der Waals surface area contributed by atoms with Gasteiger partial charge in [0.1, 0.15) is 5.76 Å². The number of aliphatic hydroxyl groups is 1. The summed E-state index contributed by atoms with van der Waals surface area (Å²) in [5, 5.41) is 10.5. The fraction of sp³-hybridized carbons (Fsp3) is 0.522. The molecule has 7 nitrogen and oxygen atoms in total. The Bertz CT molecular complexity index is 853. The van der Waals surface area contributed by atoms with Gasteiger partial charge in [-0.2, -0.15) is 0 Å². The van der Waals surface area contributed by atoms with Gasteiger partial charge in [-0.15, -0.1) is 0 Å². The van der Waals surface area contributed by atoms with Crippen molar-refractivity contribution in [1.29, 1.82) is 0 Å². The van der Waals surface area contributed by atoms with E-state index in [2.05, 4.69) is 4.99 Å². The number of carbonyl (C=O) groups is 2. The summed E-state index contributed by atoms with van der Waals surface area (Å²) in [6.07, 6.45) is 1.68. The van der Waals surface area contributed by atoms with Crippen molar-refractivity contribution in [3.8, 4) is 11.5 Å². The van der Waals surface area contributed by atoms with Gasteiger partial charge in [0.15, 0.2) is 17.3 Å². The Hall–Kier alpha value is -2.83. The number of hydrogen-bond acceptors (Lipinski definition) is 7. The van der Waals surface area contributed by atoms with Crippen LogP contribution in [0.15, 0.2) is 34.5 Å². The topological polar surface area (TPSA) is 94.4 Å². The van der Waals surface area contributed by atoms with Gasteiger partial charge in [0.05, 0.1) is 33.3 Å². The zero-order chi connectivity index (χ0) is 22.3. The summed E-state index contributed by atoms with van der Waals surface area (Å²) in [5.41, 5.74) is 1.42. The van der Waals surface area contributed by atoms with Crippen molar-refractivity contribution in [2.45, 2.75) is 46.0 Å². The minimum absolute atomic E-state index is 0.0472. The SMILES string of the molecule is COC(=O)CCC(=NCCc1ccc(OC)c(OC)c1)C1=C(O)CC(C)(C)CC1=O. The highest BCUT2D eigenvalue weighted by molar-refractivity contribution is 6.23. The van der Waals surface area contributed by atoms with Crippen LogP contribution in [0.1, 0.15) is 45.1 Å². The molecule has 1 aromatic rings. The number of rotatable bonds is 9. The highest BCUT2D eigenvalue weighted by atomic mass is 16.5. The third-order valence-electron chi connectivity index (χ3n) is 5.09. The number of aliphatic hydroxyl groups excluding tert-OH is 1. The summed E-state index contributed by atoms with van der Waals surface area (Å²) in [6, 6.07) is 5.64. The molecular formula is C23H31NO6. The Morgan fingerprint density at radius 3 is 2.40 bits per heavy atom. The zero-order valence-electron chi connectivity index (χ0n) is 18.4. The second-order valence-electron chi connectivity index (χ2n) is 8.11. The fourth-order valence-corrected chi connectivity index (χ4v) is 3.58. The predicted molar refractivity (Wildman–Crippen MR) is 114 cm³/mol. The molecule has 0 aliphatic heterocycles. The molecule has 7 heteroatoms. The van der Waals surface area contributed by atoms with E-state index in [0.29, 0.717) is 43.0 Å². The van der Waals surface area contributed by atoms with Gasteiger partial charge in [-0.05, 0) is 29.5 Å². The Kier molecular flexibility index (Phi) is 8.03. The second kappa shape index (κ2) is 10.3. The third kappa shape index (κ3) is 6.08. The summed E-state index contributed by atoms with van der Waals surface area (Å²) in [4.78, 5) is 28.9. The number of Topliss-reactive ketones (excluding diaryl/α,β-unsaturated/α-hetero) is 1. The van der Waals surface area contributed by atoms with Gasteiger partial charge in [0, 0.05) is 31.5 Å². The van der Waals surface area contributed by atoms with Crippen molar-refractivity contribution >= 4 is 17.5 Å². The lowest BCUT2D eigenvalue weighted by Gasteiger charge is -2.30. The van der Waals surface area contributed by atoms with E-state index in [0.717, 1.165) is 5.56 Å². The molecule has 0 spiro atoms. The maximum atomic E-state index is 12.7. The molecule has 0 saturated heterocycles. The summed E-state index contributed by atoms with van der Waals surface area (Å²) in [7, 11) is 4.48. The zero-order valence-corrected chi connectivity index (χ0v) is 18.4. The smallest absolute Gasteiger partial charge is 0.305 e. The average molecular weight is 418 g/mol. The fourth-order valence-electron chi connectivity index (χ4n) is 3.58. The van der Waals surface area contributed by atoms with Crippen LogP contribution >= 0.6 is 0 Å². The lowest BCUT2D eigenvalue weighted by Crippen LogP contribution is -2.29. The van der Waals surface area contributed by atoms with Crippen molar-refractivity contribution < 1.29 is 28.9 Å². The van der Waals surface area contributed by atoms with Crippen LogP contribution in [0.4, 0.5) is 0 Å². The molecule has 0 bridgehead atoms. The van der Waals surface area contributed by atoms with Crippen LogP contribution in [0.2, 0.25) is 0 Å². The first-order valence-electron chi connectivity index (χ1n) is 9.97. The first-order chi connectivity index (χ1) is 14.2. The monoisotopic (exact) mass is 417 g/mol. The van der Waals surface area contributed by atoms with Crippen molar-refractivity contribution in [2.75, 3.05) is 27.9 Å². The number of ether oxygens (including phenoxy) is 3. The van der Waals surface area contributed by atoms with Gasteiger partial charge < -0.3 is 19.3 Å². The van der Waals surface area contributed by atoms with Crippen molar-refractivity contribution in [3.63, 3.8) is 0 Å². The summed E-state index contributed by atoms with van der Waals surface area (Å²) < 4.78 is 15.3. The van der Waals surface area contributed by atoms with Gasteiger partial charge in [0.2, 0.25) is 0 Å². The van der Waals surface area contributed by atoms with Crippen LogP contribution in [0.25, 0.3) is 0 Å². The Balaban J connectivity index is 2.23. The van der Waals surface area contributed by atoms with Crippen molar-refractivity contribution in [1.82, 2.24) is 0 Å². The quantitative estimate of drug-likeness (QED) is 0.485. The summed E-state index contributed by atoms with van der Waals surface area (Å²) in [6.45, 7) is 4.29. The normalized spacial score (nSPS) is 16.4. The lowest BCUT2D eigenvalue weighted by atomic mass is 9.75. The van der Waals surface area contributed by atoms with E-state index in [4.69, 9.17) is 14.2 Å². The molecule has 0 unspecified atom stereocenters. The molecule has 0 radical (unpaired) electrons. The van der Waals surface area contributed by atoms with Crippen molar-refractivity contribution in [3.05, 3.63) is 35.1 Å². The summed E-state index contributed by atoms with van der Waals surface area (Å²) in [5.74, 6) is 0.805. The molecule has 0 heterocycles. The van der Waals surface area contributed by atoms with E-state index >= 15 is 0 Å². The summed E-state index contributed by atoms with van der Waals surface area (Å²) >= 11 is 0. The van der Waals surface area contributed by atoms with E-state index in [-0.39, 0.29) is 41.3 Å². The van der Waals surface area contributed by atoms with Gasteiger partial charge in [-0.25, -0.2) is 0 Å². The van der Waals surface area contributed by atoms with E-state index < -0.39 is 0 Å². The number of benzene rings is 1. The average Bonchev–Trinajstić information content (AvgIpc) is 2.69. The Morgan fingerprint density at radius 2 is 1.80 bits per heavy atom. The maximum absolute atomic E-state index is 12.7. The lowest BCUT2D eigenvalue weighted by molar-refractivity contribution is -0.140. The van der Waals surface area contributed by atoms with Crippen LogP contribution in [0.5, 0.6) is 11.5 Å². The molecule has 1 aliphatic carbocycles. The predicted octanol–water partition coefficient (Wildman–Crippen LogP) is 3.84. The number of ketones is 1. The van der Waals surface area contributed by atoms with E-state index in [1.54, 1.807) is 14.2 Å². The standard InChI is InChI=1S/C23H31NO6/c1-23(2)13-17(25)22(18(26)14-23)16(7-9-21(27)30-5)24-11-10-15-6-8-19(28-3)20(12-15)29-4/h6,8,12,25H,7,9-11,13-14H2,1-5H3. The van der Waals surface area contributed by atoms with E-state index in [1.807, 2.05) is 32.0 Å². The van der Waals surface area contributed by atoms with Gasteiger partial charge >= 0.3 is 5.97 Å². The van der Waals surface area contributed by atoms with Crippen LogP contribution in [-0.4, -0.2) is 50.4 Å². The number of hydrogen-bond donors (Lipinski definition) is 1. The molecule has 1 aliphatic rings. The number of carbonyl (C=O) groups excluding carboxylic acids is 2. The Labute approximate surface area is 177 Å². The first-order valence-corrected chi connectivity index (χ1v) is 9.97. The number of allylic oxidation sites excluding steroid dienone is 2. The molecule has 1 N–H and O–H groups in total. The molecule has 30 heavy (non-hydrogen) atoms. The molecule has 0 atom stereocenters. The molecule has 0 fully saturated rings. The Morgan fingerprint density at radius 1 is 1.10 bits per heavy atom. The van der Waals surface area contributed by atoms with Crippen molar-refractivity contribution in [2.24, 2.45) is 10.4 Å². The highest BCUT2D eigenvalue weighted by Gasteiger charge is 2.35. The number of nitrogens with zero attached hydrogens (tertiary/aromatic N) is 1. The molecular weight excluding hydrogens is 386 g/mol. The van der Waals surface area contributed by atoms with Crippen LogP contribution < -0.4 is 9.47 Å². The number of aliphatic imine (C=N–C) groups is 1. The van der Waals surface area contributed by atoms with Gasteiger partial charge in [0.25, 0.3) is 0 Å². The molecule has 164 valence electrons. The van der Waals surface area contributed by atoms with Crippen LogP contribution in [0.3, 0.4) is 0 Å². The van der Waals surface area contributed by atoms with E-state index in [1.165, 1.54) is 7.11 Å². The highest BCUT2D eigenvalue weighted by Crippen LogP contribution is 2.36. The second-order valence-corrected chi connectivity index (χ2v) is 8.11. The van der Waals surface area contributed by atoms with Crippen LogP contribution in [-0.2, 0) is 20.7 Å². The van der Waals surface area contributed by atoms with Crippen LogP contribution in [0, 0.1) is 5.41 Å². The molecule has 0 amide bonds. The minimum Gasteiger partial charge on any atom is -0.511 e. The largest absolute Gasteiger partial charge is 0.511 e. The van der Waals surface area contributed by atoms with Gasteiger partial charge in [-0.1, -0.05) is 19.9 Å². The maximum Gasteiger partial charge on any atom is 0.305 e. The minimum atomic E-state index is -0.383. The van der Waals surface area contributed by atoms with E-state index in [9.17, 15) is 14.7 Å². The van der Waals surface area contributed by atoms with Gasteiger partial charge in [-0.3, -0.25) is 14.6 Å².